The molecule has 0 aliphatic carbocycles. The molecule has 2 heterocycles. The van der Waals surface area contributed by atoms with Gasteiger partial charge in [-0.05, 0) is 12.1 Å². The smallest absolute Gasteiger partial charge is 0.0954 e. The second-order valence-electron chi connectivity index (χ2n) is 4.20. The largest absolute Gasteiger partial charge is 0.388 e. The third kappa shape index (κ3) is 2.72. The summed E-state index contributed by atoms with van der Waals surface area (Å²) in [7, 11) is 0. The van der Waals surface area contributed by atoms with Crippen molar-refractivity contribution in [2.24, 2.45) is 0 Å². The summed E-state index contributed by atoms with van der Waals surface area (Å²) in [5.74, 6) is 0. The molecule has 0 saturated carbocycles. The molecular formula is C14H13N3OS. The third-order valence-electron chi connectivity index (χ3n) is 2.86. The van der Waals surface area contributed by atoms with E-state index in [1.165, 1.54) is 0 Å². The molecule has 0 amide bonds. The Balaban J connectivity index is 1.78. The molecule has 1 unspecified atom stereocenters. The molecule has 0 aliphatic rings. The van der Waals surface area contributed by atoms with Gasteiger partial charge >= 0.3 is 0 Å². The number of benzene rings is 1. The first-order valence-corrected chi connectivity index (χ1v) is 6.87. The lowest BCUT2D eigenvalue weighted by atomic mass is 10.1. The van der Waals surface area contributed by atoms with Gasteiger partial charge in [0, 0.05) is 29.8 Å². The summed E-state index contributed by atoms with van der Waals surface area (Å²) in [5, 5.41) is 17.3. The molecule has 4 nitrogen and oxygen atoms in total. The lowest BCUT2D eigenvalue weighted by molar-refractivity contribution is 0.178. The zero-order valence-corrected chi connectivity index (χ0v) is 11.0. The van der Waals surface area contributed by atoms with E-state index in [0.717, 1.165) is 16.3 Å². The van der Waals surface area contributed by atoms with Crippen LogP contribution >= 0.6 is 11.3 Å². The van der Waals surface area contributed by atoms with Gasteiger partial charge in [0.1, 0.15) is 0 Å². The molecule has 3 rings (SSSR count). The Morgan fingerprint density at radius 2 is 2.11 bits per heavy atom. The summed E-state index contributed by atoms with van der Waals surface area (Å²) in [6, 6.07) is 9.84. The van der Waals surface area contributed by atoms with E-state index in [9.17, 15) is 5.11 Å². The van der Waals surface area contributed by atoms with Crippen molar-refractivity contribution in [1.82, 2.24) is 14.8 Å². The number of hydrogen-bond acceptors (Lipinski definition) is 4. The summed E-state index contributed by atoms with van der Waals surface area (Å²) in [4.78, 5) is 4.18. The van der Waals surface area contributed by atoms with Crippen molar-refractivity contribution < 1.29 is 5.11 Å². The fourth-order valence-corrected chi connectivity index (χ4v) is 2.52. The predicted octanol–water partition coefficient (Wildman–Crippen LogP) is 2.60. The fraction of sp³-hybridized carbons (Fsp3) is 0.143. The summed E-state index contributed by atoms with van der Waals surface area (Å²) in [5.41, 5.74) is 1.79. The number of aromatic nitrogens is 3. The number of para-hydroxylation sites is 1. The average molecular weight is 271 g/mol. The minimum Gasteiger partial charge on any atom is -0.388 e. The first-order valence-electron chi connectivity index (χ1n) is 5.99. The Bertz CT molecular complexity index is 634. The van der Waals surface area contributed by atoms with Gasteiger partial charge in [-0.1, -0.05) is 18.2 Å². The van der Waals surface area contributed by atoms with Gasteiger partial charge in [0.15, 0.2) is 0 Å². The molecule has 1 N–H and O–H groups in total. The molecule has 2 aromatic heterocycles. The molecular weight excluding hydrogens is 258 g/mol. The Morgan fingerprint density at radius 3 is 2.84 bits per heavy atom. The van der Waals surface area contributed by atoms with E-state index in [-0.39, 0.29) is 0 Å². The summed E-state index contributed by atoms with van der Waals surface area (Å²) in [6.07, 6.45) is 5.26. The number of aliphatic hydroxyl groups excluding tert-OH is 1. The maximum absolute atomic E-state index is 10.2. The summed E-state index contributed by atoms with van der Waals surface area (Å²) in [6.45, 7) is 0. The van der Waals surface area contributed by atoms with Crippen LogP contribution in [0.4, 0.5) is 0 Å². The first kappa shape index (κ1) is 12.1. The zero-order chi connectivity index (χ0) is 13.1. The minimum atomic E-state index is -0.566. The van der Waals surface area contributed by atoms with Crippen molar-refractivity contribution in [2.45, 2.75) is 12.5 Å². The second-order valence-corrected chi connectivity index (χ2v) is 5.18. The van der Waals surface area contributed by atoms with Gasteiger partial charge in [-0.2, -0.15) is 5.10 Å². The van der Waals surface area contributed by atoms with Gasteiger partial charge in [-0.25, -0.2) is 9.67 Å². The van der Waals surface area contributed by atoms with Crippen LogP contribution in [0.1, 0.15) is 16.7 Å². The molecule has 0 bridgehead atoms. The number of hydrogen-bond donors (Lipinski definition) is 1. The van der Waals surface area contributed by atoms with Crippen molar-refractivity contribution in [3.63, 3.8) is 0 Å². The van der Waals surface area contributed by atoms with Crippen LogP contribution in [0.2, 0.25) is 0 Å². The van der Waals surface area contributed by atoms with E-state index in [1.807, 2.05) is 41.9 Å². The highest BCUT2D eigenvalue weighted by Gasteiger charge is 2.12. The maximum atomic E-state index is 10.2. The van der Waals surface area contributed by atoms with E-state index in [1.54, 1.807) is 28.4 Å². The van der Waals surface area contributed by atoms with Crippen LogP contribution < -0.4 is 0 Å². The number of nitrogens with zero attached hydrogens (tertiary/aromatic N) is 3. The van der Waals surface area contributed by atoms with Gasteiger partial charge in [0.25, 0.3) is 0 Å². The van der Waals surface area contributed by atoms with Crippen molar-refractivity contribution in [1.29, 1.82) is 0 Å². The van der Waals surface area contributed by atoms with Crippen LogP contribution in [-0.2, 0) is 6.42 Å². The lowest BCUT2D eigenvalue weighted by Crippen LogP contribution is -2.00. The normalized spacial score (nSPS) is 12.5. The van der Waals surface area contributed by atoms with E-state index >= 15 is 0 Å². The molecule has 0 aliphatic heterocycles. The van der Waals surface area contributed by atoms with Crippen LogP contribution in [-0.4, -0.2) is 19.9 Å². The zero-order valence-electron chi connectivity index (χ0n) is 10.2. The van der Waals surface area contributed by atoms with Gasteiger partial charge in [-0.15, -0.1) is 11.3 Å². The van der Waals surface area contributed by atoms with E-state index in [0.29, 0.717) is 6.42 Å². The predicted molar refractivity (Wildman–Crippen MR) is 74.3 cm³/mol. The highest BCUT2D eigenvalue weighted by molar-refractivity contribution is 7.09. The minimum absolute atomic E-state index is 0.526. The first-order chi connectivity index (χ1) is 9.33. The highest BCUT2D eigenvalue weighted by Crippen LogP contribution is 2.20. The molecule has 1 aromatic carbocycles. The number of rotatable bonds is 4. The molecule has 0 fully saturated rings. The Kier molecular flexibility index (Phi) is 3.39. The monoisotopic (exact) mass is 271 g/mol. The molecule has 19 heavy (non-hydrogen) atoms. The topological polar surface area (TPSA) is 50.9 Å². The van der Waals surface area contributed by atoms with Crippen LogP contribution in [0.5, 0.6) is 0 Å². The molecule has 5 heteroatoms. The highest BCUT2D eigenvalue weighted by atomic mass is 32.1. The number of thiazole rings is 1. The molecule has 0 spiro atoms. The van der Waals surface area contributed by atoms with E-state index in [2.05, 4.69) is 10.1 Å². The second kappa shape index (κ2) is 5.34. The molecule has 0 radical (unpaired) electrons. The standard InChI is InChI=1S/C14H13N3OS/c18-13(8-14-15-6-7-19-14)11-9-16-17(10-11)12-4-2-1-3-5-12/h1-7,9-10,13,18H,8H2. The van der Waals surface area contributed by atoms with Crippen molar-refractivity contribution in [2.75, 3.05) is 0 Å². The third-order valence-corrected chi connectivity index (χ3v) is 3.66. The Labute approximate surface area is 115 Å². The Hall–Kier alpha value is -1.98. The van der Waals surface area contributed by atoms with Gasteiger partial charge in [-0.3, -0.25) is 0 Å². The van der Waals surface area contributed by atoms with Crippen LogP contribution in [0, 0.1) is 0 Å². The quantitative estimate of drug-likeness (QED) is 0.793. The van der Waals surface area contributed by atoms with Gasteiger partial charge in [0.05, 0.1) is 23.0 Å². The lowest BCUT2D eigenvalue weighted by Gasteiger charge is -2.05. The van der Waals surface area contributed by atoms with E-state index in [4.69, 9.17) is 0 Å². The summed E-state index contributed by atoms with van der Waals surface area (Å²) < 4.78 is 1.76. The molecule has 1 atom stereocenters. The average Bonchev–Trinajstić information content (AvgIpc) is 3.10. The fourth-order valence-electron chi connectivity index (χ4n) is 1.87. The molecule has 0 saturated heterocycles. The van der Waals surface area contributed by atoms with Crippen molar-refractivity contribution in [3.8, 4) is 5.69 Å². The maximum Gasteiger partial charge on any atom is 0.0954 e. The molecule has 96 valence electrons. The molecule has 3 aromatic rings. The van der Waals surface area contributed by atoms with Gasteiger partial charge < -0.3 is 5.11 Å². The van der Waals surface area contributed by atoms with Crippen LogP contribution in [0.25, 0.3) is 5.69 Å². The van der Waals surface area contributed by atoms with Crippen molar-refractivity contribution >= 4 is 11.3 Å². The van der Waals surface area contributed by atoms with Gasteiger partial charge in [0.2, 0.25) is 0 Å². The Morgan fingerprint density at radius 1 is 1.26 bits per heavy atom. The van der Waals surface area contributed by atoms with E-state index < -0.39 is 6.10 Å². The summed E-state index contributed by atoms with van der Waals surface area (Å²) >= 11 is 1.55. The van der Waals surface area contributed by atoms with Crippen LogP contribution in [0.15, 0.2) is 54.3 Å². The number of aliphatic hydroxyl groups is 1. The van der Waals surface area contributed by atoms with Crippen molar-refractivity contribution in [3.05, 3.63) is 64.9 Å². The SMILES string of the molecule is OC(Cc1nccs1)c1cnn(-c2ccccc2)c1. The van der Waals surface area contributed by atoms with Crippen LogP contribution in [0.3, 0.4) is 0 Å².